The Kier molecular flexibility index (Phi) is 5.62. The van der Waals surface area contributed by atoms with Crippen LogP contribution in [0, 0.1) is 0 Å². The number of aliphatic imine (C=N–C) groups is 2. The average molecular weight is 200 g/mol. The highest BCUT2D eigenvalue weighted by molar-refractivity contribution is 5.60. The van der Waals surface area contributed by atoms with E-state index in [9.17, 15) is 14.4 Å². The van der Waals surface area contributed by atoms with Gasteiger partial charge in [-0.1, -0.05) is 0 Å². The predicted molar refractivity (Wildman–Crippen MR) is 42.7 cm³/mol. The third-order valence-corrected chi connectivity index (χ3v) is 1.00. The summed E-state index contributed by atoms with van der Waals surface area (Å²) in [6.07, 6.45) is -0.624. The average Bonchev–Trinajstić information content (AvgIpc) is 2.03. The molecule has 0 saturated carbocycles. The lowest BCUT2D eigenvalue weighted by Gasteiger charge is -2.09. The second kappa shape index (κ2) is 6.54. The molecule has 0 rings (SSSR count). The second-order valence-electron chi connectivity index (χ2n) is 2.13. The summed E-state index contributed by atoms with van der Waals surface area (Å²) in [5, 5.41) is 0. The summed E-state index contributed by atoms with van der Waals surface area (Å²) in [6.45, 7) is 2.69. The molecule has 76 valence electrons. The minimum Gasteiger partial charge on any atom is -0.408 e. The molecule has 0 N–H and O–H groups in total. The van der Waals surface area contributed by atoms with Gasteiger partial charge in [-0.05, 0) is 13.8 Å². The molecule has 7 nitrogen and oxygen atoms in total. The van der Waals surface area contributed by atoms with Crippen molar-refractivity contribution in [3.63, 3.8) is 0 Å². The fourth-order valence-electron chi connectivity index (χ4n) is 0.507. The van der Waals surface area contributed by atoms with Crippen LogP contribution in [0.2, 0.25) is 0 Å². The van der Waals surface area contributed by atoms with E-state index in [1.807, 2.05) is 0 Å². The van der Waals surface area contributed by atoms with E-state index in [4.69, 9.17) is 0 Å². The van der Waals surface area contributed by atoms with E-state index < -0.39 is 18.6 Å². The van der Waals surface area contributed by atoms with E-state index in [-0.39, 0.29) is 0 Å². The van der Waals surface area contributed by atoms with Crippen LogP contribution in [0.3, 0.4) is 0 Å². The molecule has 0 aromatic rings. The lowest BCUT2D eigenvalue weighted by Crippen LogP contribution is -2.18. The molecule has 0 spiro atoms. The number of isocyanates is 2. The molecule has 0 bridgehead atoms. The summed E-state index contributed by atoms with van der Waals surface area (Å²) < 4.78 is 8.86. The molecular weight excluding hydrogens is 192 g/mol. The molecular formula is C7H8N2O5. The van der Waals surface area contributed by atoms with Gasteiger partial charge in [0.05, 0.1) is 0 Å². The summed E-state index contributed by atoms with van der Waals surface area (Å²) in [5.74, 6) is 0. The van der Waals surface area contributed by atoms with E-state index in [0.717, 1.165) is 0 Å². The minimum atomic E-state index is -1.08. The normalized spacial score (nSPS) is 12.7. The number of carbonyl (C=O) groups is 1. The SMILES string of the molecule is CC(N=C=O)OC(=O)OC(C)N=C=O. The Morgan fingerprint density at radius 1 is 1.07 bits per heavy atom. The van der Waals surface area contributed by atoms with Gasteiger partial charge in [0.15, 0.2) is 0 Å². The number of rotatable bonds is 4. The van der Waals surface area contributed by atoms with Crippen molar-refractivity contribution in [2.24, 2.45) is 9.98 Å². The van der Waals surface area contributed by atoms with Crippen LogP contribution in [0.4, 0.5) is 4.79 Å². The molecule has 2 unspecified atom stereocenters. The van der Waals surface area contributed by atoms with Crippen molar-refractivity contribution in [1.29, 1.82) is 0 Å². The molecule has 0 fully saturated rings. The van der Waals surface area contributed by atoms with Crippen molar-refractivity contribution in [1.82, 2.24) is 0 Å². The third-order valence-electron chi connectivity index (χ3n) is 1.00. The molecule has 0 aromatic heterocycles. The second-order valence-corrected chi connectivity index (χ2v) is 2.13. The molecule has 0 aliphatic rings. The van der Waals surface area contributed by atoms with Gasteiger partial charge < -0.3 is 9.47 Å². The van der Waals surface area contributed by atoms with Crippen molar-refractivity contribution >= 4 is 18.3 Å². The van der Waals surface area contributed by atoms with Crippen LogP contribution in [-0.2, 0) is 19.1 Å². The monoisotopic (exact) mass is 200 g/mol. The number of hydrogen-bond acceptors (Lipinski definition) is 7. The van der Waals surface area contributed by atoms with E-state index in [1.165, 1.54) is 26.0 Å². The summed E-state index contributed by atoms with van der Waals surface area (Å²) >= 11 is 0. The summed E-state index contributed by atoms with van der Waals surface area (Å²) in [5.41, 5.74) is 0. The van der Waals surface area contributed by atoms with Crippen LogP contribution in [0.5, 0.6) is 0 Å². The van der Waals surface area contributed by atoms with Crippen molar-refractivity contribution in [3.8, 4) is 0 Å². The molecule has 0 heterocycles. The number of carbonyl (C=O) groups excluding carboxylic acids is 3. The molecule has 0 saturated heterocycles. The number of hydrogen-bond donors (Lipinski definition) is 0. The van der Waals surface area contributed by atoms with Gasteiger partial charge in [-0.3, -0.25) is 0 Å². The zero-order valence-electron chi connectivity index (χ0n) is 7.59. The van der Waals surface area contributed by atoms with E-state index >= 15 is 0 Å². The quantitative estimate of drug-likeness (QED) is 0.374. The molecule has 7 heteroatoms. The maximum absolute atomic E-state index is 10.8. The predicted octanol–water partition coefficient (Wildman–Crippen LogP) is 0.503. The van der Waals surface area contributed by atoms with Crippen LogP contribution in [0.25, 0.3) is 0 Å². The fourth-order valence-corrected chi connectivity index (χ4v) is 0.507. The molecule has 14 heavy (non-hydrogen) atoms. The number of ether oxygens (including phenoxy) is 2. The van der Waals surface area contributed by atoms with Gasteiger partial charge in [0, 0.05) is 0 Å². The molecule has 0 aliphatic carbocycles. The topological polar surface area (TPSA) is 94.4 Å². The van der Waals surface area contributed by atoms with Crippen LogP contribution in [0.15, 0.2) is 9.98 Å². The fraction of sp³-hybridized carbons (Fsp3) is 0.571. The Morgan fingerprint density at radius 3 is 1.71 bits per heavy atom. The van der Waals surface area contributed by atoms with Gasteiger partial charge in [0.2, 0.25) is 24.6 Å². The number of nitrogens with zero attached hydrogens (tertiary/aromatic N) is 2. The summed E-state index contributed by atoms with van der Waals surface area (Å²) in [7, 11) is 0. The highest BCUT2D eigenvalue weighted by atomic mass is 16.7. The van der Waals surface area contributed by atoms with Crippen molar-refractivity contribution in [2.75, 3.05) is 0 Å². The van der Waals surface area contributed by atoms with Crippen LogP contribution in [-0.4, -0.2) is 30.8 Å². The first-order valence-electron chi connectivity index (χ1n) is 3.61. The molecule has 0 aromatic carbocycles. The summed E-state index contributed by atoms with van der Waals surface area (Å²) in [4.78, 5) is 36.4. The third kappa shape index (κ3) is 5.65. The zero-order valence-corrected chi connectivity index (χ0v) is 7.59. The van der Waals surface area contributed by atoms with Gasteiger partial charge in [-0.15, -0.1) is 0 Å². The Bertz CT molecular complexity index is 262. The Morgan fingerprint density at radius 2 is 1.43 bits per heavy atom. The molecule has 0 aliphatic heterocycles. The highest BCUT2D eigenvalue weighted by Crippen LogP contribution is 1.99. The van der Waals surface area contributed by atoms with Crippen molar-refractivity contribution in [2.45, 2.75) is 26.3 Å². The lowest BCUT2D eigenvalue weighted by atomic mass is 10.7. The van der Waals surface area contributed by atoms with Crippen molar-refractivity contribution < 1.29 is 23.9 Å². The smallest absolute Gasteiger partial charge is 0.408 e. The Balaban J connectivity index is 3.97. The maximum atomic E-state index is 10.8. The standard InChI is InChI=1S/C7H8N2O5/c1-5(8-3-10)13-7(12)14-6(2)9-4-11/h5-6H,1-2H3. The lowest BCUT2D eigenvalue weighted by molar-refractivity contribution is 0.0122. The van der Waals surface area contributed by atoms with Gasteiger partial charge >= 0.3 is 6.16 Å². The van der Waals surface area contributed by atoms with E-state index in [1.54, 1.807) is 0 Å². The van der Waals surface area contributed by atoms with Gasteiger partial charge in [-0.25, -0.2) is 14.4 Å². The molecule has 0 amide bonds. The first-order chi connectivity index (χ1) is 6.60. The van der Waals surface area contributed by atoms with E-state index in [0.29, 0.717) is 0 Å². The first kappa shape index (κ1) is 12.0. The zero-order chi connectivity index (χ0) is 11.0. The van der Waals surface area contributed by atoms with Crippen LogP contribution >= 0.6 is 0 Å². The maximum Gasteiger partial charge on any atom is 0.512 e. The summed E-state index contributed by atoms with van der Waals surface area (Å²) in [6, 6.07) is 0. The Labute approximate surface area is 79.4 Å². The highest BCUT2D eigenvalue weighted by Gasteiger charge is 2.12. The molecule has 2 atom stereocenters. The van der Waals surface area contributed by atoms with Gasteiger partial charge in [-0.2, -0.15) is 9.98 Å². The van der Waals surface area contributed by atoms with Crippen molar-refractivity contribution in [3.05, 3.63) is 0 Å². The van der Waals surface area contributed by atoms with Gasteiger partial charge in [0.1, 0.15) is 0 Å². The molecule has 0 radical (unpaired) electrons. The Hall–Kier alpha value is -1.97. The van der Waals surface area contributed by atoms with Gasteiger partial charge in [0.25, 0.3) is 0 Å². The minimum absolute atomic E-state index is 0.979. The largest absolute Gasteiger partial charge is 0.512 e. The van der Waals surface area contributed by atoms with E-state index in [2.05, 4.69) is 19.5 Å². The first-order valence-corrected chi connectivity index (χ1v) is 3.61. The van der Waals surface area contributed by atoms with Crippen LogP contribution in [0.1, 0.15) is 13.8 Å². The van der Waals surface area contributed by atoms with Crippen LogP contribution < -0.4 is 0 Å².